The van der Waals surface area contributed by atoms with E-state index in [-0.39, 0.29) is 6.54 Å². The number of nitriles is 1. The van der Waals surface area contributed by atoms with E-state index in [1.54, 1.807) is 18.7 Å². The molecule has 0 unspecified atom stereocenters. The average molecular weight is 264 g/mol. The van der Waals surface area contributed by atoms with Gasteiger partial charge in [-0.1, -0.05) is 6.92 Å². The van der Waals surface area contributed by atoms with Crippen molar-refractivity contribution < 1.29 is 14.3 Å². The first-order chi connectivity index (χ1) is 8.82. The van der Waals surface area contributed by atoms with Crippen LogP contribution in [-0.4, -0.2) is 28.1 Å². The predicted molar refractivity (Wildman–Crippen MR) is 68.9 cm³/mol. The Labute approximate surface area is 112 Å². The Balaban J connectivity index is 3.10. The molecule has 0 aromatic heterocycles. The molecule has 102 valence electrons. The fourth-order valence-electron chi connectivity index (χ4n) is 1.85. The number of hydrogen-bond acceptors (Lipinski definition) is 3. The normalized spacial score (nSPS) is 11.4. The Hall–Kier alpha value is -1.93. The van der Waals surface area contributed by atoms with Crippen molar-refractivity contribution >= 4 is 5.97 Å². The molecule has 1 rings (SSSR count). The minimum atomic E-state index is -1.08. The minimum Gasteiger partial charge on any atom is -0.480 e. The highest BCUT2D eigenvalue weighted by atomic mass is 19.1. The maximum atomic E-state index is 13.2. The zero-order valence-electron chi connectivity index (χ0n) is 11.3. The molecule has 1 aromatic rings. The quantitative estimate of drug-likeness (QED) is 0.886. The number of nitrogens with zero attached hydrogens (tertiary/aromatic N) is 2. The van der Waals surface area contributed by atoms with Crippen LogP contribution in [0.4, 0.5) is 4.39 Å². The summed E-state index contributed by atoms with van der Waals surface area (Å²) in [5, 5.41) is 18.2. The second-order valence-electron chi connectivity index (χ2n) is 4.79. The van der Waals surface area contributed by atoms with Crippen molar-refractivity contribution in [2.24, 2.45) is 0 Å². The summed E-state index contributed by atoms with van der Waals surface area (Å²) in [5.41, 5.74) is -0.215. The lowest BCUT2D eigenvalue weighted by Gasteiger charge is -2.34. The largest absolute Gasteiger partial charge is 0.480 e. The molecule has 0 aliphatic carbocycles. The van der Waals surface area contributed by atoms with E-state index in [1.165, 1.54) is 18.2 Å². The molecule has 0 amide bonds. The number of carboxylic acids is 1. The first-order valence-corrected chi connectivity index (χ1v) is 6.00. The van der Waals surface area contributed by atoms with Crippen LogP contribution in [0.1, 0.15) is 31.9 Å². The lowest BCUT2D eigenvalue weighted by atomic mass is 10.0. The molecular formula is C14H17FN2O2. The van der Waals surface area contributed by atoms with Crippen LogP contribution >= 0.6 is 0 Å². The summed E-state index contributed by atoms with van der Waals surface area (Å²) < 4.78 is 13.2. The van der Waals surface area contributed by atoms with Crippen LogP contribution in [0.2, 0.25) is 0 Å². The van der Waals surface area contributed by atoms with Gasteiger partial charge in [-0.2, -0.15) is 5.26 Å². The first-order valence-electron chi connectivity index (χ1n) is 6.00. The van der Waals surface area contributed by atoms with Crippen LogP contribution in [0, 0.1) is 17.1 Å². The van der Waals surface area contributed by atoms with Gasteiger partial charge in [-0.25, -0.2) is 4.39 Å². The molecule has 5 heteroatoms. The van der Waals surface area contributed by atoms with E-state index in [0.29, 0.717) is 17.7 Å². The molecule has 0 atom stereocenters. The van der Waals surface area contributed by atoms with Crippen LogP contribution in [0.3, 0.4) is 0 Å². The smallest absolute Gasteiger partial charge is 0.323 e. The summed E-state index contributed by atoms with van der Waals surface area (Å²) >= 11 is 0. The van der Waals surface area contributed by atoms with Gasteiger partial charge in [-0.3, -0.25) is 9.69 Å². The SMILES string of the molecule is CCN(Cc1cc(F)ccc1C#N)C(C)(C)C(=O)O. The average Bonchev–Trinajstić information content (AvgIpc) is 2.35. The van der Waals surface area contributed by atoms with Crippen LogP contribution in [0.15, 0.2) is 18.2 Å². The summed E-state index contributed by atoms with van der Waals surface area (Å²) in [4.78, 5) is 12.9. The fraction of sp³-hybridized carbons (Fsp3) is 0.429. The van der Waals surface area contributed by atoms with Gasteiger partial charge >= 0.3 is 5.97 Å². The number of likely N-dealkylation sites (N-methyl/N-ethyl adjacent to an activating group) is 1. The van der Waals surface area contributed by atoms with E-state index in [1.807, 2.05) is 13.0 Å². The van der Waals surface area contributed by atoms with E-state index >= 15 is 0 Å². The number of halogens is 1. The standard InChI is InChI=1S/C14H17FN2O2/c1-4-17(14(2,3)13(18)19)9-11-7-12(15)6-5-10(11)8-16/h5-7H,4,9H2,1-3H3,(H,18,19). The molecule has 19 heavy (non-hydrogen) atoms. The molecule has 0 spiro atoms. The van der Waals surface area contributed by atoms with E-state index in [9.17, 15) is 14.3 Å². The van der Waals surface area contributed by atoms with Gasteiger partial charge in [-0.15, -0.1) is 0 Å². The lowest BCUT2D eigenvalue weighted by Crippen LogP contribution is -2.49. The molecule has 0 aliphatic rings. The Kier molecular flexibility index (Phi) is 4.62. The molecule has 0 saturated carbocycles. The number of aliphatic carboxylic acids is 1. The molecular weight excluding hydrogens is 247 g/mol. The molecule has 0 radical (unpaired) electrons. The van der Waals surface area contributed by atoms with Gasteiger partial charge in [0.25, 0.3) is 0 Å². The summed E-state index contributed by atoms with van der Waals surface area (Å²) in [6, 6.07) is 5.90. The maximum Gasteiger partial charge on any atom is 0.323 e. The number of benzene rings is 1. The number of rotatable bonds is 5. The summed E-state index contributed by atoms with van der Waals surface area (Å²) in [5.74, 6) is -1.39. The molecule has 0 aliphatic heterocycles. The molecule has 4 nitrogen and oxygen atoms in total. The van der Waals surface area contributed by atoms with Crippen molar-refractivity contribution in [3.05, 3.63) is 35.1 Å². The molecule has 0 fully saturated rings. The predicted octanol–water partition coefficient (Wildman–Crippen LogP) is 2.38. The topological polar surface area (TPSA) is 64.3 Å². The molecule has 0 saturated heterocycles. The van der Waals surface area contributed by atoms with Gasteiger partial charge in [0.2, 0.25) is 0 Å². The Bertz CT molecular complexity index is 521. The Morgan fingerprint density at radius 2 is 2.16 bits per heavy atom. The van der Waals surface area contributed by atoms with Crippen molar-refractivity contribution in [2.45, 2.75) is 32.9 Å². The summed E-state index contributed by atoms with van der Waals surface area (Å²) in [7, 11) is 0. The van der Waals surface area contributed by atoms with Crippen molar-refractivity contribution in [1.29, 1.82) is 5.26 Å². The number of carboxylic acid groups (broad SMARTS) is 1. The van der Waals surface area contributed by atoms with Gasteiger partial charge in [0.15, 0.2) is 0 Å². The van der Waals surface area contributed by atoms with E-state index in [0.717, 1.165) is 0 Å². The fourth-order valence-corrected chi connectivity index (χ4v) is 1.85. The number of carbonyl (C=O) groups is 1. The van der Waals surface area contributed by atoms with Crippen LogP contribution < -0.4 is 0 Å². The third-order valence-electron chi connectivity index (χ3n) is 3.24. The van der Waals surface area contributed by atoms with Crippen molar-refractivity contribution in [3.8, 4) is 6.07 Å². The van der Waals surface area contributed by atoms with Crippen molar-refractivity contribution in [3.63, 3.8) is 0 Å². The van der Waals surface area contributed by atoms with Crippen LogP contribution in [-0.2, 0) is 11.3 Å². The third kappa shape index (κ3) is 3.30. The monoisotopic (exact) mass is 264 g/mol. The van der Waals surface area contributed by atoms with E-state index in [4.69, 9.17) is 5.26 Å². The highest BCUT2D eigenvalue weighted by molar-refractivity contribution is 5.77. The second-order valence-corrected chi connectivity index (χ2v) is 4.79. The third-order valence-corrected chi connectivity index (χ3v) is 3.24. The van der Waals surface area contributed by atoms with Gasteiger partial charge in [0.05, 0.1) is 11.6 Å². The number of hydrogen-bond donors (Lipinski definition) is 1. The summed E-state index contributed by atoms with van der Waals surface area (Å²) in [6.07, 6.45) is 0. The van der Waals surface area contributed by atoms with Gasteiger partial charge in [-0.05, 0) is 44.2 Å². The maximum absolute atomic E-state index is 13.2. The molecule has 1 aromatic carbocycles. The molecule has 0 bridgehead atoms. The zero-order chi connectivity index (χ0) is 14.6. The van der Waals surface area contributed by atoms with E-state index < -0.39 is 17.3 Å². The molecule has 0 heterocycles. The van der Waals surface area contributed by atoms with Gasteiger partial charge < -0.3 is 5.11 Å². The van der Waals surface area contributed by atoms with Crippen LogP contribution in [0.25, 0.3) is 0 Å². The van der Waals surface area contributed by atoms with Crippen LogP contribution in [0.5, 0.6) is 0 Å². The first kappa shape index (κ1) is 15.1. The highest BCUT2D eigenvalue weighted by Gasteiger charge is 2.33. The van der Waals surface area contributed by atoms with Crippen molar-refractivity contribution in [2.75, 3.05) is 6.54 Å². The minimum absolute atomic E-state index is 0.219. The Morgan fingerprint density at radius 1 is 1.53 bits per heavy atom. The zero-order valence-corrected chi connectivity index (χ0v) is 11.3. The van der Waals surface area contributed by atoms with E-state index in [2.05, 4.69) is 0 Å². The second kappa shape index (κ2) is 5.81. The summed E-state index contributed by atoms with van der Waals surface area (Å²) in [6.45, 7) is 5.71. The molecule has 1 N–H and O–H groups in total. The lowest BCUT2D eigenvalue weighted by molar-refractivity contribution is -0.149. The Morgan fingerprint density at radius 3 is 2.63 bits per heavy atom. The van der Waals surface area contributed by atoms with Gasteiger partial charge in [0, 0.05) is 6.54 Å². The highest BCUT2D eigenvalue weighted by Crippen LogP contribution is 2.20. The van der Waals surface area contributed by atoms with Crippen molar-refractivity contribution in [1.82, 2.24) is 4.90 Å². The van der Waals surface area contributed by atoms with Gasteiger partial charge in [0.1, 0.15) is 11.4 Å².